The molecule has 27 heavy (non-hydrogen) atoms. The molecule has 0 saturated carbocycles. The summed E-state index contributed by atoms with van der Waals surface area (Å²) in [5.41, 5.74) is 2.54. The highest BCUT2D eigenvalue weighted by Gasteiger charge is 2.31. The number of nitriles is 1. The monoisotopic (exact) mass is 358 g/mol. The van der Waals surface area contributed by atoms with Gasteiger partial charge < -0.3 is 0 Å². The Morgan fingerprint density at radius 2 is 1.96 bits per heavy atom. The SMILES string of the molecule is N#Cc1ccc(CC2CCCN(c3nc(-c4ccncc4)n[nH]3)C2=O)cc1. The fraction of sp³-hybridized carbons (Fsp3) is 0.250. The summed E-state index contributed by atoms with van der Waals surface area (Å²) < 4.78 is 0. The number of piperidine rings is 1. The molecule has 0 aliphatic carbocycles. The molecule has 0 spiro atoms. The van der Waals surface area contributed by atoms with Crippen LogP contribution in [0.4, 0.5) is 5.95 Å². The molecule has 7 heteroatoms. The lowest BCUT2D eigenvalue weighted by molar-refractivity contribution is -0.123. The molecule has 3 heterocycles. The molecular weight excluding hydrogens is 340 g/mol. The maximum Gasteiger partial charge on any atom is 0.232 e. The van der Waals surface area contributed by atoms with E-state index in [-0.39, 0.29) is 11.8 Å². The van der Waals surface area contributed by atoms with Crippen molar-refractivity contribution < 1.29 is 4.79 Å². The molecule has 134 valence electrons. The summed E-state index contributed by atoms with van der Waals surface area (Å²) in [7, 11) is 0. The average Bonchev–Trinajstić information content (AvgIpc) is 3.21. The van der Waals surface area contributed by atoms with Gasteiger partial charge in [-0.1, -0.05) is 12.1 Å². The van der Waals surface area contributed by atoms with Crippen LogP contribution in [0.2, 0.25) is 0 Å². The van der Waals surface area contributed by atoms with Crippen molar-refractivity contribution in [1.29, 1.82) is 5.26 Å². The van der Waals surface area contributed by atoms with Crippen LogP contribution in [0.5, 0.6) is 0 Å². The molecule has 1 aliphatic heterocycles. The van der Waals surface area contributed by atoms with E-state index in [1.165, 1.54) is 0 Å². The van der Waals surface area contributed by atoms with Crippen molar-refractivity contribution in [3.8, 4) is 17.5 Å². The van der Waals surface area contributed by atoms with Crippen molar-refractivity contribution in [3.05, 3.63) is 59.9 Å². The summed E-state index contributed by atoms with van der Waals surface area (Å²) in [4.78, 5) is 23.2. The van der Waals surface area contributed by atoms with E-state index in [0.717, 1.165) is 24.0 Å². The van der Waals surface area contributed by atoms with E-state index in [4.69, 9.17) is 5.26 Å². The molecule has 1 amide bonds. The number of rotatable bonds is 4. The third-order valence-electron chi connectivity index (χ3n) is 4.78. The summed E-state index contributed by atoms with van der Waals surface area (Å²) in [5.74, 6) is 0.995. The molecule has 1 aliphatic rings. The Bertz CT molecular complexity index is 974. The van der Waals surface area contributed by atoms with E-state index >= 15 is 0 Å². The van der Waals surface area contributed by atoms with Gasteiger partial charge >= 0.3 is 0 Å². The second-order valence-corrected chi connectivity index (χ2v) is 6.56. The number of carbonyl (C=O) groups is 1. The minimum absolute atomic E-state index is 0.0584. The summed E-state index contributed by atoms with van der Waals surface area (Å²) in [6.07, 6.45) is 5.79. The van der Waals surface area contributed by atoms with Gasteiger partial charge in [0, 0.05) is 30.4 Å². The van der Waals surface area contributed by atoms with Gasteiger partial charge in [-0.3, -0.25) is 14.7 Å². The number of pyridine rings is 1. The van der Waals surface area contributed by atoms with Gasteiger partial charge in [0.15, 0.2) is 5.82 Å². The summed E-state index contributed by atoms with van der Waals surface area (Å²) >= 11 is 0. The maximum atomic E-state index is 13.0. The first-order chi connectivity index (χ1) is 13.2. The Labute approximate surface area is 156 Å². The summed E-state index contributed by atoms with van der Waals surface area (Å²) in [5, 5.41) is 16.0. The van der Waals surface area contributed by atoms with Crippen molar-refractivity contribution >= 4 is 11.9 Å². The third-order valence-corrected chi connectivity index (χ3v) is 4.78. The molecule has 1 fully saturated rings. The van der Waals surface area contributed by atoms with Gasteiger partial charge in [0.05, 0.1) is 11.6 Å². The van der Waals surface area contributed by atoms with Crippen molar-refractivity contribution in [2.75, 3.05) is 11.4 Å². The van der Waals surface area contributed by atoms with E-state index < -0.39 is 0 Å². The molecule has 1 unspecified atom stereocenters. The standard InChI is InChI=1S/C20H18N6O/c21-13-15-5-3-14(4-6-15)12-17-2-1-11-26(19(17)27)20-23-18(24-25-20)16-7-9-22-10-8-16/h3-10,17H,1-2,11-12H2,(H,23,24,25). The fourth-order valence-corrected chi connectivity index (χ4v) is 3.35. The van der Waals surface area contributed by atoms with Gasteiger partial charge in [-0.2, -0.15) is 15.3 Å². The first-order valence-corrected chi connectivity index (χ1v) is 8.88. The van der Waals surface area contributed by atoms with Gasteiger partial charge in [0.2, 0.25) is 11.9 Å². The largest absolute Gasteiger partial charge is 0.281 e. The lowest BCUT2D eigenvalue weighted by atomic mass is 9.90. The van der Waals surface area contributed by atoms with Crippen LogP contribution >= 0.6 is 0 Å². The molecule has 1 saturated heterocycles. The van der Waals surface area contributed by atoms with E-state index in [0.29, 0.717) is 30.3 Å². The molecule has 4 rings (SSSR count). The smallest absolute Gasteiger partial charge is 0.232 e. The number of hydrogen-bond donors (Lipinski definition) is 1. The lowest BCUT2D eigenvalue weighted by Crippen LogP contribution is -2.42. The van der Waals surface area contributed by atoms with Crippen LogP contribution in [0.3, 0.4) is 0 Å². The van der Waals surface area contributed by atoms with Crippen LogP contribution in [0, 0.1) is 17.2 Å². The van der Waals surface area contributed by atoms with Gasteiger partial charge in [0.25, 0.3) is 0 Å². The predicted octanol–water partition coefficient (Wildman–Crippen LogP) is 2.72. The van der Waals surface area contributed by atoms with Crippen LogP contribution < -0.4 is 4.90 Å². The number of anilines is 1. The zero-order valence-corrected chi connectivity index (χ0v) is 14.7. The molecule has 7 nitrogen and oxygen atoms in total. The third kappa shape index (κ3) is 3.55. The molecule has 2 aromatic heterocycles. The fourth-order valence-electron chi connectivity index (χ4n) is 3.35. The summed E-state index contributed by atoms with van der Waals surface area (Å²) in [6.45, 7) is 0.633. The molecular formula is C20H18N6O. The minimum Gasteiger partial charge on any atom is -0.281 e. The van der Waals surface area contributed by atoms with Gasteiger partial charge in [-0.25, -0.2) is 5.10 Å². The Morgan fingerprint density at radius 3 is 2.70 bits per heavy atom. The molecule has 1 N–H and O–H groups in total. The molecule has 0 radical (unpaired) electrons. The van der Waals surface area contributed by atoms with E-state index in [9.17, 15) is 4.79 Å². The Hall–Kier alpha value is -3.53. The highest BCUT2D eigenvalue weighted by Crippen LogP contribution is 2.26. The maximum absolute atomic E-state index is 13.0. The van der Waals surface area contributed by atoms with Crippen molar-refractivity contribution in [3.63, 3.8) is 0 Å². The van der Waals surface area contributed by atoms with Gasteiger partial charge in [-0.15, -0.1) is 0 Å². The normalized spacial score (nSPS) is 16.9. The molecule has 1 atom stereocenters. The van der Waals surface area contributed by atoms with Gasteiger partial charge in [0.1, 0.15) is 0 Å². The number of aromatic amines is 1. The molecule has 3 aromatic rings. The molecule has 1 aromatic carbocycles. The zero-order valence-electron chi connectivity index (χ0n) is 14.7. The van der Waals surface area contributed by atoms with Crippen LogP contribution in [0.1, 0.15) is 24.0 Å². The van der Waals surface area contributed by atoms with Gasteiger partial charge in [-0.05, 0) is 49.1 Å². The Kier molecular flexibility index (Phi) is 4.62. The van der Waals surface area contributed by atoms with Crippen LogP contribution in [-0.2, 0) is 11.2 Å². The molecule has 0 bridgehead atoms. The number of nitrogens with zero attached hydrogens (tertiary/aromatic N) is 5. The summed E-state index contributed by atoms with van der Waals surface area (Å²) in [6, 6.07) is 13.2. The predicted molar refractivity (Wildman–Crippen MR) is 99.6 cm³/mol. The first kappa shape index (κ1) is 16.9. The quantitative estimate of drug-likeness (QED) is 0.773. The van der Waals surface area contributed by atoms with Crippen molar-refractivity contribution in [1.82, 2.24) is 20.2 Å². The number of aromatic nitrogens is 4. The highest BCUT2D eigenvalue weighted by atomic mass is 16.2. The minimum atomic E-state index is -0.0961. The number of hydrogen-bond acceptors (Lipinski definition) is 5. The van der Waals surface area contributed by atoms with E-state index in [1.54, 1.807) is 29.4 Å². The van der Waals surface area contributed by atoms with E-state index in [2.05, 4.69) is 26.2 Å². The Balaban J connectivity index is 1.50. The second kappa shape index (κ2) is 7.38. The highest BCUT2D eigenvalue weighted by molar-refractivity contribution is 5.94. The topological polar surface area (TPSA) is 98.6 Å². The van der Waals surface area contributed by atoms with E-state index in [1.807, 2.05) is 24.3 Å². The number of amides is 1. The lowest BCUT2D eigenvalue weighted by Gasteiger charge is -2.30. The number of carbonyl (C=O) groups excluding carboxylic acids is 1. The van der Waals surface area contributed by atoms with Crippen LogP contribution in [0.15, 0.2) is 48.8 Å². The first-order valence-electron chi connectivity index (χ1n) is 8.88. The van der Waals surface area contributed by atoms with Crippen molar-refractivity contribution in [2.24, 2.45) is 5.92 Å². The average molecular weight is 358 g/mol. The second-order valence-electron chi connectivity index (χ2n) is 6.56. The zero-order chi connectivity index (χ0) is 18.6. The Morgan fingerprint density at radius 1 is 1.19 bits per heavy atom. The number of nitrogens with one attached hydrogen (secondary N) is 1. The van der Waals surface area contributed by atoms with Crippen LogP contribution in [-0.4, -0.2) is 32.6 Å². The number of benzene rings is 1. The van der Waals surface area contributed by atoms with Crippen LogP contribution in [0.25, 0.3) is 11.4 Å². The van der Waals surface area contributed by atoms with Crippen molar-refractivity contribution in [2.45, 2.75) is 19.3 Å². The number of H-pyrrole nitrogens is 1.